The second-order valence-electron chi connectivity index (χ2n) is 24.1. The molecule has 26 nitrogen and oxygen atoms in total. The number of anilines is 7. The number of hydrogen-bond acceptors (Lipinski definition) is 23. The van der Waals surface area contributed by atoms with Crippen LogP contribution in [0.15, 0.2) is 201 Å². The maximum absolute atomic E-state index is 9.14. The van der Waals surface area contributed by atoms with Gasteiger partial charge in [-0.25, -0.2) is 24.9 Å². The molecule has 14 aromatic rings. The topological polar surface area (TPSA) is 284 Å². The first kappa shape index (κ1) is 67.4. The number of fused-ring (bicyclic) bond motifs is 3. The predicted molar refractivity (Wildman–Crippen MR) is 440 cm³/mol. The van der Waals surface area contributed by atoms with Gasteiger partial charge in [0.25, 0.3) is 0 Å². The van der Waals surface area contributed by atoms with Crippen LogP contribution in [0.4, 0.5) is 39.9 Å². The van der Waals surface area contributed by atoms with Crippen molar-refractivity contribution in [1.29, 1.82) is 5.26 Å². The van der Waals surface area contributed by atoms with E-state index >= 15 is 0 Å². The van der Waals surface area contributed by atoms with Gasteiger partial charge in [0.05, 0.1) is 154 Å². The molecule has 6 aromatic carbocycles. The van der Waals surface area contributed by atoms with Crippen LogP contribution < -0.4 is 54.2 Å². The summed E-state index contributed by atoms with van der Waals surface area (Å²) in [7, 11) is 6.09. The zero-order chi connectivity index (χ0) is 84.2. The molecule has 0 fully saturated rings. The average Bonchev–Trinajstić information content (AvgIpc) is 1.24. The molecule has 26 heteroatoms. The monoisotopic (exact) mass is 1500 g/mol. The Morgan fingerprint density at radius 3 is 1.15 bits per heavy atom. The zero-order valence-electron chi connectivity index (χ0n) is 70.1. The predicted octanol–water partition coefficient (Wildman–Crippen LogP) is 14.8. The van der Waals surface area contributed by atoms with Gasteiger partial charge in [-0.05, 0) is 90.7 Å². The van der Waals surface area contributed by atoms with Gasteiger partial charge in [-0.1, -0.05) is 60.1 Å². The molecule has 111 heavy (non-hydrogen) atoms. The van der Waals surface area contributed by atoms with Crippen LogP contribution in [0.2, 0.25) is 0 Å². The van der Waals surface area contributed by atoms with E-state index < -0.39 is 33.1 Å². The third kappa shape index (κ3) is 20.5. The smallest absolute Gasteiger partial charge is 0.141 e. The molecule has 566 valence electrons. The van der Waals surface area contributed by atoms with Gasteiger partial charge in [0.15, 0.2) is 0 Å². The summed E-state index contributed by atoms with van der Waals surface area (Å²) in [5.74, 6) is 14.9. The number of hydrogen-bond donors (Lipinski definition) is 2. The molecule has 8 aromatic heterocycles. The Hall–Kier alpha value is -14.2. The van der Waals surface area contributed by atoms with Gasteiger partial charge >= 0.3 is 0 Å². The highest BCUT2D eigenvalue weighted by atomic mass is 16.5. The fourth-order valence-corrected chi connectivity index (χ4v) is 10.9. The van der Waals surface area contributed by atoms with Crippen LogP contribution >= 0.6 is 0 Å². The van der Waals surface area contributed by atoms with Gasteiger partial charge in [-0.3, -0.25) is 29.0 Å². The number of pyridine rings is 2. The highest BCUT2D eigenvalue weighted by Gasteiger charge is 2.19. The lowest BCUT2D eigenvalue weighted by atomic mass is 10.2. The minimum atomic E-state index is -2.94. The Morgan fingerprint density at radius 1 is 0.441 bits per heavy atom. The summed E-state index contributed by atoms with van der Waals surface area (Å²) in [6.45, 7) is -1.58. The molecule has 0 spiro atoms. The number of nitrogens with two attached hydrogens (primary N) is 1. The summed E-state index contributed by atoms with van der Waals surface area (Å²) >= 11 is 0. The first-order valence-corrected chi connectivity index (χ1v) is 33.3. The second-order valence-corrected chi connectivity index (χ2v) is 24.1. The second kappa shape index (κ2) is 37.9. The van der Waals surface area contributed by atoms with Crippen molar-refractivity contribution in [1.82, 2.24) is 74.5 Å². The molecule has 0 saturated heterocycles. The number of methoxy groups -OCH3 is 6. The maximum atomic E-state index is 9.14. The summed E-state index contributed by atoms with van der Waals surface area (Å²) in [6.07, 6.45) is 15.8. The Morgan fingerprint density at radius 2 is 0.802 bits per heavy atom. The van der Waals surface area contributed by atoms with E-state index in [1.165, 1.54) is 12.1 Å². The summed E-state index contributed by atoms with van der Waals surface area (Å²) in [5, 5.41) is 24.4. The Kier molecular flexibility index (Phi) is 23.0. The molecule has 8 heterocycles. The van der Waals surface area contributed by atoms with Crippen molar-refractivity contribution in [2.75, 3.05) is 89.0 Å². The minimum absolute atomic E-state index is 0. The van der Waals surface area contributed by atoms with Crippen molar-refractivity contribution in [2.24, 2.45) is 21.1 Å². The van der Waals surface area contributed by atoms with Crippen LogP contribution in [0, 0.1) is 35.0 Å². The van der Waals surface area contributed by atoms with E-state index in [4.69, 9.17) is 63.1 Å². The number of aromatic nitrogens is 14. The van der Waals surface area contributed by atoms with Gasteiger partial charge in [-0.15, -0.1) is 0 Å². The van der Waals surface area contributed by atoms with Crippen molar-refractivity contribution < 1.29 is 42.1 Å². The first-order valence-electron chi connectivity index (χ1n) is 38.3. The highest BCUT2D eigenvalue weighted by molar-refractivity contribution is 5.86. The molecular weight excluding hydrogens is 1400 g/mol. The Labute approximate surface area is 661 Å². The molecule has 0 aliphatic rings. The molecule has 0 saturated carbocycles. The molecule has 3 N–H and O–H groups in total. The lowest BCUT2D eigenvalue weighted by molar-refractivity contribution is 0.394. The van der Waals surface area contributed by atoms with Crippen molar-refractivity contribution in [3.05, 3.63) is 218 Å². The largest absolute Gasteiger partial charge is 0.497 e. The van der Waals surface area contributed by atoms with E-state index in [0.29, 0.717) is 81.3 Å². The van der Waals surface area contributed by atoms with Crippen LogP contribution in [0.5, 0.6) is 34.5 Å². The number of ether oxygens (including phenoxy) is 6. The van der Waals surface area contributed by atoms with E-state index in [2.05, 4.69) is 79.1 Å². The van der Waals surface area contributed by atoms with Gasteiger partial charge in [0, 0.05) is 167 Å². The Balaban J connectivity index is 0.000000204. The number of benzene rings is 6. The van der Waals surface area contributed by atoms with E-state index in [9.17, 15) is 0 Å². The van der Waals surface area contributed by atoms with E-state index in [0.717, 1.165) is 90.4 Å². The lowest BCUT2D eigenvalue weighted by Gasteiger charge is -2.27. The van der Waals surface area contributed by atoms with Crippen molar-refractivity contribution in [3.8, 4) is 98.0 Å². The maximum Gasteiger partial charge on any atom is 0.141 e. The van der Waals surface area contributed by atoms with Gasteiger partial charge in [0.2, 0.25) is 0 Å². The number of nitrogens with zero attached hydrogens (tertiary/aromatic N) is 18. The standard InChI is InChI=1S/C29H23N7O2.C28H25N7O2.C25H30N6O2.3CH4/c1-35-19-20(17-32-35)29-18-31-27-10-9-23(14-28(27)34-29)36(24-12-25(37-2)15-26(13-24)38-3)11-5-8-21-6-4-7-22(16-30)33-21;1-34-18-19(16-31-34)27-17-30-25-10-9-21(14-26(25)33-27)35(11-5-7-20-6-4-8-28(29)32-20)22-12-23(36-2)15-24(13-22)37-3;1-17(2)26-8-9-31(20-10-21(32-4)13-22(11-20)33-5)19-6-7-23-24(12-19)29-25(15-27-23)18-14-28-30(3)16-18;;;/h4,6-7,9-10,12-15,17-19H,11H2,1-3H3;4,6,8-10,12-18H,11H2,1-3H3,(H2,29,32);6-7,10-17,26H,8-9H2,1-5H3;3*1H4/i;;4D3,5D3,8D2,9D2;;;. The first-order chi connectivity index (χ1) is 56.3. The summed E-state index contributed by atoms with van der Waals surface area (Å²) in [4.78, 5) is 41.5. The van der Waals surface area contributed by atoms with E-state index in [1.807, 2.05) is 122 Å². The van der Waals surface area contributed by atoms with Crippen LogP contribution in [-0.2, 0) is 21.1 Å². The van der Waals surface area contributed by atoms with Crippen molar-refractivity contribution >= 4 is 73.0 Å². The van der Waals surface area contributed by atoms with Gasteiger partial charge in [-0.2, -0.15) is 20.6 Å². The van der Waals surface area contributed by atoms with Crippen LogP contribution in [-0.4, -0.2) is 144 Å². The third-order valence-corrected chi connectivity index (χ3v) is 16.2. The molecule has 0 bridgehead atoms. The number of nitrogen functional groups attached to an aromatic ring is 1. The fourth-order valence-electron chi connectivity index (χ4n) is 10.9. The normalized spacial score (nSPS) is 12.2. The fraction of sp³-hybridized carbons (Fsp3) is 0.224. The third-order valence-electron chi connectivity index (χ3n) is 16.2. The van der Waals surface area contributed by atoms with Crippen LogP contribution in [0.25, 0.3) is 66.9 Å². The van der Waals surface area contributed by atoms with Gasteiger partial charge < -0.3 is 54.2 Å². The molecule has 0 aliphatic heterocycles. The summed E-state index contributed by atoms with van der Waals surface area (Å²) < 4.78 is 118. The number of aryl methyl sites for hydroxylation is 3. The van der Waals surface area contributed by atoms with Crippen molar-refractivity contribution in [3.63, 3.8) is 0 Å². The molecule has 0 radical (unpaired) electrons. The number of nitrogens with one attached hydrogen (secondary N) is 1. The number of nitriles is 1. The highest BCUT2D eigenvalue weighted by Crippen LogP contribution is 2.38. The summed E-state index contributed by atoms with van der Waals surface area (Å²) in [6, 6.07) is 43.2. The molecule has 14 rings (SSSR count). The minimum Gasteiger partial charge on any atom is -0.497 e. The lowest BCUT2D eigenvalue weighted by Crippen LogP contribution is -2.32. The number of rotatable bonds is 21. The van der Waals surface area contributed by atoms with Crippen molar-refractivity contribution in [2.45, 2.75) is 42.2 Å². The molecule has 0 atom stereocenters. The van der Waals surface area contributed by atoms with Crippen LogP contribution in [0.3, 0.4) is 0 Å². The average molecular weight is 1500 g/mol. The summed E-state index contributed by atoms with van der Waals surface area (Å²) in [5.41, 5.74) is 18.9. The van der Waals surface area contributed by atoms with Crippen LogP contribution in [0.1, 0.15) is 66.9 Å². The molecule has 0 amide bonds. The molecule has 0 unspecified atom stereocenters. The molecular formula is C85H90N20O6. The van der Waals surface area contributed by atoms with E-state index in [1.54, 1.807) is 137 Å². The zero-order valence-corrected chi connectivity index (χ0v) is 60.1. The van der Waals surface area contributed by atoms with Gasteiger partial charge in [0.1, 0.15) is 63.5 Å². The Bertz CT molecular complexity index is 6070. The SMILES string of the molecule is C.C.C.COc1cc(OC)cc(N(CC#Cc2cccc(C#N)n2)c2ccc3ncc(-c4cnn(C)c4)nc3c2)c1.COc1cc(OC)cc(N(CC#Cc2cccc(N)n2)c2ccc3ncc(-c4cnn(C)c4)nc3c2)c1.[2H]C([2H])([2H])Oc1cc(OC([2H])([2H])[2H])cc(N(c2ccc3ncc(-c4cnn(C)c4)nc3c2)C([2H])([2H])C([2H])([2H])NC(C)C)c1. The molecule has 0 aliphatic carbocycles. The van der Waals surface area contributed by atoms with E-state index in [-0.39, 0.29) is 45.2 Å². The quantitative estimate of drug-likeness (QED) is 0.0632.